The van der Waals surface area contributed by atoms with E-state index < -0.39 is 10.0 Å². The molecule has 2 N–H and O–H groups in total. The minimum absolute atomic E-state index is 0.155. The molecule has 1 fully saturated rings. The van der Waals surface area contributed by atoms with E-state index >= 15 is 0 Å². The molecular weight excluding hydrogens is 400 g/mol. The topological polar surface area (TPSA) is 95.2 Å². The molecule has 0 spiro atoms. The third-order valence-corrected chi connectivity index (χ3v) is 6.50. The first-order valence-corrected chi connectivity index (χ1v) is 11.4. The number of anilines is 1. The Morgan fingerprint density at radius 3 is 2.53 bits per heavy atom. The van der Waals surface area contributed by atoms with E-state index in [0.29, 0.717) is 24.6 Å². The summed E-state index contributed by atoms with van der Waals surface area (Å²) in [6.07, 6.45) is 3.86. The molecule has 0 bridgehead atoms. The Morgan fingerprint density at radius 2 is 1.87 bits per heavy atom. The van der Waals surface area contributed by atoms with Crippen LogP contribution in [0.2, 0.25) is 0 Å². The number of rotatable bonds is 8. The fourth-order valence-electron chi connectivity index (χ4n) is 3.26. The highest BCUT2D eigenvalue weighted by Gasteiger charge is 2.29. The number of aryl methyl sites for hydroxylation is 1. The van der Waals surface area contributed by atoms with Crippen LogP contribution in [0.4, 0.5) is 5.69 Å². The number of hydrogen-bond acceptors (Lipinski definition) is 4. The van der Waals surface area contributed by atoms with Crippen molar-refractivity contribution in [1.82, 2.24) is 15.1 Å². The van der Waals surface area contributed by atoms with Crippen LogP contribution in [0.15, 0.2) is 65.7 Å². The van der Waals surface area contributed by atoms with Gasteiger partial charge in [0.05, 0.1) is 28.4 Å². The molecular formula is C22H24N4O3S. The Hall–Kier alpha value is -3.13. The second kappa shape index (κ2) is 8.31. The van der Waals surface area contributed by atoms with Crippen molar-refractivity contribution in [2.75, 3.05) is 11.3 Å². The predicted molar refractivity (Wildman–Crippen MR) is 114 cm³/mol. The summed E-state index contributed by atoms with van der Waals surface area (Å²) in [7, 11) is -3.81. The first-order chi connectivity index (χ1) is 14.4. The lowest BCUT2D eigenvalue weighted by Crippen LogP contribution is -2.33. The number of aromatic nitrogens is 2. The Balaban J connectivity index is 1.60. The third-order valence-electron chi connectivity index (χ3n) is 5.12. The summed E-state index contributed by atoms with van der Waals surface area (Å²) >= 11 is 0. The fourth-order valence-corrected chi connectivity index (χ4v) is 4.34. The molecule has 0 radical (unpaired) electrons. The molecule has 0 unspecified atom stereocenters. The van der Waals surface area contributed by atoms with Gasteiger partial charge in [-0.2, -0.15) is 5.10 Å². The molecule has 3 aromatic rings. The Kier molecular flexibility index (Phi) is 5.59. The highest BCUT2D eigenvalue weighted by molar-refractivity contribution is 7.92. The monoisotopic (exact) mass is 424 g/mol. The molecule has 1 aromatic heterocycles. The first-order valence-electron chi connectivity index (χ1n) is 9.88. The van der Waals surface area contributed by atoms with Crippen molar-refractivity contribution in [1.29, 1.82) is 0 Å². The normalized spacial score (nSPS) is 13.8. The van der Waals surface area contributed by atoms with Crippen LogP contribution < -0.4 is 4.72 Å². The molecule has 1 saturated carbocycles. The molecule has 4 rings (SSSR count). The summed E-state index contributed by atoms with van der Waals surface area (Å²) in [4.78, 5) is 15.3. The summed E-state index contributed by atoms with van der Waals surface area (Å²) in [6, 6.07) is 15.2. The van der Waals surface area contributed by atoms with Crippen molar-refractivity contribution < 1.29 is 13.2 Å². The Bertz CT molecular complexity index is 1120. The van der Waals surface area contributed by atoms with E-state index in [1.54, 1.807) is 59.6 Å². The zero-order valence-electron chi connectivity index (χ0n) is 16.7. The van der Waals surface area contributed by atoms with Crippen molar-refractivity contribution in [3.05, 3.63) is 77.6 Å². The largest absolute Gasteiger partial charge is 0.332 e. The van der Waals surface area contributed by atoms with Gasteiger partial charge in [0.15, 0.2) is 0 Å². The zero-order valence-corrected chi connectivity index (χ0v) is 17.5. The lowest BCUT2D eigenvalue weighted by molar-refractivity contribution is 0.0734. The maximum atomic E-state index is 13.4. The molecule has 1 aliphatic rings. The lowest BCUT2D eigenvalue weighted by Gasteiger charge is -2.23. The van der Waals surface area contributed by atoms with Crippen molar-refractivity contribution in [3.63, 3.8) is 0 Å². The summed E-state index contributed by atoms with van der Waals surface area (Å²) in [5, 5.41) is 6.84. The maximum absolute atomic E-state index is 13.4. The molecule has 156 valence electrons. The van der Waals surface area contributed by atoms with Gasteiger partial charge in [-0.1, -0.05) is 29.8 Å². The van der Waals surface area contributed by atoms with Gasteiger partial charge in [0, 0.05) is 12.7 Å². The van der Waals surface area contributed by atoms with Gasteiger partial charge in [-0.15, -0.1) is 0 Å². The van der Waals surface area contributed by atoms with E-state index in [1.165, 1.54) is 0 Å². The van der Waals surface area contributed by atoms with Crippen LogP contribution in [-0.2, 0) is 16.6 Å². The minimum atomic E-state index is -3.81. The average molecular weight is 425 g/mol. The number of amides is 1. The second-order valence-electron chi connectivity index (χ2n) is 7.68. The van der Waals surface area contributed by atoms with E-state index in [-0.39, 0.29) is 16.5 Å². The Morgan fingerprint density at radius 1 is 1.13 bits per heavy atom. The maximum Gasteiger partial charge on any atom is 0.261 e. The van der Waals surface area contributed by atoms with Crippen LogP contribution in [0.1, 0.15) is 34.5 Å². The molecule has 0 atom stereocenters. The second-order valence-corrected chi connectivity index (χ2v) is 9.36. The molecule has 1 amide bonds. The standard InChI is InChI=1S/C22H24N4O3S/c1-16-6-10-19(11-7-16)30(28,29)25-21-5-3-2-4-20(21)22(27)26(14-17-8-9-17)15-18-12-13-23-24-18/h2-7,10-13,17,25H,8-9,14-15H2,1H3,(H,23,24). The van der Waals surface area contributed by atoms with Gasteiger partial charge in [-0.25, -0.2) is 8.42 Å². The van der Waals surface area contributed by atoms with Gasteiger partial charge in [0.2, 0.25) is 0 Å². The SMILES string of the molecule is Cc1ccc(S(=O)(=O)Nc2ccccc2C(=O)N(Cc2ccn[nH]2)CC2CC2)cc1. The third kappa shape index (κ3) is 4.71. The van der Waals surface area contributed by atoms with Gasteiger partial charge in [0.1, 0.15) is 0 Å². The van der Waals surface area contributed by atoms with Crippen LogP contribution in [-0.4, -0.2) is 36.0 Å². The first kappa shape index (κ1) is 20.2. The number of H-pyrrole nitrogens is 1. The lowest BCUT2D eigenvalue weighted by atomic mass is 10.1. The van der Waals surface area contributed by atoms with Crippen molar-refractivity contribution >= 4 is 21.6 Å². The van der Waals surface area contributed by atoms with Gasteiger partial charge < -0.3 is 4.90 Å². The number of carbonyl (C=O) groups is 1. The van der Waals surface area contributed by atoms with Crippen molar-refractivity contribution in [2.45, 2.75) is 31.2 Å². The fraction of sp³-hybridized carbons (Fsp3) is 0.273. The number of sulfonamides is 1. The number of nitrogens with zero attached hydrogens (tertiary/aromatic N) is 2. The van der Waals surface area contributed by atoms with Crippen LogP contribution in [0.5, 0.6) is 0 Å². The number of hydrogen-bond donors (Lipinski definition) is 2. The predicted octanol–water partition coefficient (Wildman–Crippen LogP) is 3.57. The molecule has 2 aromatic carbocycles. The smallest absolute Gasteiger partial charge is 0.261 e. The average Bonchev–Trinajstić information content (AvgIpc) is 3.39. The van der Waals surface area contributed by atoms with E-state index in [2.05, 4.69) is 14.9 Å². The van der Waals surface area contributed by atoms with Crippen molar-refractivity contribution in [3.8, 4) is 0 Å². The van der Waals surface area contributed by atoms with Gasteiger partial charge in [-0.3, -0.25) is 14.6 Å². The van der Waals surface area contributed by atoms with E-state index in [4.69, 9.17) is 0 Å². The number of benzene rings is 2. The van der Waals surface area contributed by atoms with Crippen LogP contribution >= 0.6 is 0 Å². The molecule has 7 nitrogen and oxygen atoms in total. The van der Waals surface area contributed by atoms with Crippen molar-refractivity contribution in [2.24, 2.45) is 5.92 Å². The van der Waals surface area contributed by atoms with Gasteiger partial charge in [-0.05, 0) is 56.0 Å². The highest BCUT2D eigenvalue weighted by atomic mass is 32.2. The zero-order chi connectivity index (χ0) is 21.1. The summed E-state index contributed by atoms with van der Waals surface area (Å²) < 4.78 is 28.3. The summed E-state index contributed by atoms with van der Waals surface area (Å²) in [6.45, 7) is 2.93. The van der Waals surface area contributed by atoms with Crippen LogP contribution in [0.25, 0.3) is 0 Å². The summed E-state index contributed by atoms with van der Waals surface area (Å²) in [5.74, 6) is 0.284. The van der Waals surface area contributed by atoms with Gasteiger partial charge in [0.25, 0.3) is 15.9 Å². The molecule has 1 heterocycles. The highest BCUT2D eigenvalue weighted by Crippen LogP contribution is 2.31. The minimum Gasteiger partial charge on any atom is -0.332 e. The number of aromatic amines is 1. The molecule has 30 heavy (non-hydrogen) atoms. The van der Waals surface area contributed by atoms with Crippen LogP contribution in [0.3, 0.4) is 0 Å². The number of nitrogens with one attached hydrogen (secondary N) is 2. The van der Waals surface area contributed by atoms with Gasteiger partial charge >= 0.3 is 0 Å². The quantitative estimate of drug-likeness (QED) is 0.578. The van der Waals surface area contributed by atoms with E-state index in [0.717, 1.165) is 24.1 Å². The molecule has 0 aliphatic heterocycles. The molecule has 8 heteroatoms. The summed E-state index contributed by atoms with van der Waals surface area (Å²) in [5.41, 5.74) is 2.41. The Labute approximate surface area is 176 Å². The molecule has 1 aliphatic carbocycles. The van der Waals surface area contributed by atoms with Crippen LogP contribution in [0, 0.1) is 12.8 Å². The number of para-hydroxylation sites is 1. The molecule has 0 saturated heterocycles. The number of carbonyl (C=O) groups excluding carboxylic acids is 1. The van der Waals surface area contributed by atoms with E-state index in [9.17, 15) is 13.2 Å². The van der Waals surface area contributed by atoms with E-state index in [1.807, 2.05) is 13.0 Å².